The van der Waals surface area contributed by atoms with Crippen molar-refractivity contribution in [2.24, 2.45) is 5.92 Å². The summed E-state index contributed by atoms with van der Waals surface area (Å²) in [4.78, 5) is 0.983. The Balaban J connectivity index is 2.53. The second-order valence-corrected chi connectivity index (χ2v) is 6.06. The molecule has 0 aliphatic heterocycles. The second-order valence-electron chi connectivity index (χ2n) is 4.42. The normalized spacial score (nSPS) is 11.4. The lowest BCUT2D eigenvalue weighted by atomic mass is 10.2. The maximum atomic E-state index is 6.27. The average Bonchev–Trinajstić information content (AvgIpc) is 2.75. The molecule has 0 aliphatic rings. The molecule has 6 heteroatoms. The van der Waals surface area contributed by atoms with Crippen LogP contribution < -0.4 is 0 Å². The molecule has 0 bridgehead atoms. The minimum Gasteiger partial charge on any atom is -0.299 e. The van der Waals surface area contributed by atoms with Gasteiger partial charge in [-0.1, -0.05) is 25.4 Å². The lowest BCUT2D eigenvalue weighted by molar-refractivity contribution is 0.522. The number of H-pyrrole nitrogens is 1. The van der Waals surface area contributed by atoms with E-state index in [0.29, 0.717) is 10.7 Å². The molecule has 0 atom stereocenters. The molecule has 0 unspecified atom stereocenters. The van der Waals surface area contributed by atoms with Crippen LogP contribution >= 0.6 is 35.2 Å². The zero-order valence-electron chi connectivity index (χ0n) is 9.95. The summed E-state index contributed by atoms with van der Waals surface area (Å²) in [6.45, 7) is 7.15. The third-order valence-electron chi connectivity index (χ3n) is 2.41. The molecule has 0 radical (unpaired) electrons. The van der Waals surface area contributed by atoms with Crippen molar-refractivity contribution >= 4 is 35.2 Å². The van der Waals surface area contributed by atoms with E-state index in [2.05, 4.69) is 24.0 Å². The molecule has 17 heavy (non-hydrogen) atoms. The van der Waals surface area contributed by atoms with Crippen LogP contribution in [0.15, 0.2) is 5.38 Å². The van der Waals surface area contributed by atoms with Crippen LogP contribution in [-0.4, -0.2) is 14.8 Å². The topological polar surface area (TPSA) is 33.6 Å². The highest BCUT2D eigenvalue weighted by molar-refractivity contribution is 7.71. The SMILES string of the molecule is Cc1csc(-c2n[nH]c(=S)n2CC(C)C)c1Cl. The van der Waals surface area contributed by atoms with E-state index in [4.69, 9.17) is 23.8 Å². The molecule has 0 aromatic carbocycles. The van der Waals surface area contributed by atoms with Crippen molar-refractivity contribution in [3.05, 3.63) is 20.7 Å². The molecule has 2 aromatic heterocycles. The van der Waals surface area contributed by atoms with Gasteiger partial charge in [0, 0.05) is 6.54 Å². The fourth-order valence-electron chi connectivity index (χ4n) is 1.61. The van der Waals surface area contributed by atoms with Gasteiger partial charge < -0.3 is 0 Å². The van der Waals surface area contributed by atoms with Crippen molar-refractivity contribution < 1.29 is 0 Å². The number of thiophene rings is 1. The van der Waals surface area contributed by atoms with E-state index in [9.17, 15) is 0 Å². The molecule has 2 heterocycles. The highest BCUT2D eigenvalue weighted by Crippen LogP contribution is 2.35. The Kier molecular flexibility index (Phi) is 3.70. The van der Waals surface area contributed by atoms with Crippen molar-refractivity contribution in [3.8, 4) is 10.7 Å². The first-order valence-electron chi connectivity index (χ1n) is 5.40. The van der Waals surface area contributed by atoms with Crippen molar-refractivity contribution in [3.63, 3.8) is 0 Å². The van der Waals surface area contributed by atoms with Crippen LogP contribution in [0.3, 0.4) is 0 Å². The number of halogens is 1. The smallest absolute Gasteiger partial charge is 0.195 e. The van der Waals surface area contributed by atoms with Crippen LogP contribution in [0.1, 0.15) is 19.4 Å². The van der Waals surface area contributed by atoms with Crippen molar-refractivity contribution in [2.75, 3.05) is 0 Å². The third-order valence-corrected chi connectivity index (χ3v) is 4.41. The summed E-state index contributed by atoms with van der Waals surface area (Å²) in [7, 11) is 0. The molecule has 0 aliphatic carbocycles. The summed E-state index contributed by atoms with van der Waals surface area (Å²) in [5.74, 6) is 1.35. The summed E-state index contributed by atoms with van der Waals surface area (Å²) < 4.78 is 2.66. The number of hydrogen-bond acceptors (Lipinski definition) is 3. The van der Waals surface area contributed by atoms with E-state index >= 15 is 0 Å². The lowest BCUT2D eigenvalue weighted by Gasteiger charge is -2.08. The van der Waals surface area contributed by atoms with Crippen LogP contribution in [0.2, 0.25) is 5.02 Å². The van der Waals surface area contributed by atoms with E-state index in [1.54, 1.807) is 11.3 Å². The van der Waals surface area contributed by atoms with Gasteiger partial charge in [0.15, 0.2) is 10.6 Å². The Morgan fingerprint density at radius 3 is 2.82 bits per heavy atom. The van der Waals surface area contributed by atoms with Gasteiger partial charge in [-0.05, 0) is 36.0 Å². The quantitative estimate of drug-likeness (QED) is 0.855. The number of nitrogens with one attached hydrogen (secondary N) is 1. The molecular weight excluding hydrogens is 274 g/mol. The Hall–Kier alpha value is -0.650. The van der Waals surface area contributed by atoms with Gasteiger partial charge in [-0.3, -0.25) is 9.67 Å². The van der Waals surface area contributed by atoms with Gasteiger partial charge >= 0.3 is 0 Å². The summed E-state index contributed by atoms with van der Waals surface area (Å²) in [5.41, 5.74) is 1.08. The van der Waals surface area contributed by atoms with Gasteiger partial charge in [0.25, 0.3) is 0 Å². The van der Waals surface area contributed by atoms with E-state index in [0.717, 1.165) is 27.8 Å². The first kappa shape index (κ1) is 12.8. The molecule has 2 aromatic rings. The number of nitrogens with zero attached hydrogens (tertiary/aromatic N) is 2. The minimum atomic E-state index is 0.512. The van der Waals surface area contributed by atoms with Gasteiger partial charge in [0.05, 0.1) is 9.90 Å². The molecule has 3 nitrogen and oxygen atoms in total. The standard InChI is InChI=1S/C11H14ClN3S2/c1-6(2)4-15-10(13-14-11(15)16)9-8(12)7(3)5-17-9/h5-6H,4H2,1-3H3,(H,14,16). The summed E-state index contributed by atoms with van der Waals surface area (Å²) in [5, 5.41) is 9.94. The zero-order valence-corrected chi connectivity index (χ0v) is 12.3. The maximum Gasteiger partial charge on any atom is 0.195 e. The minimum absolute atomic E-state index is 0.512. The Bertz CT molecular complexity index is 580. The van der Waals surface area contributed by atoms with E-state index in [1.165, 1.54) is 0 Å². The number of hydrogen-bond donors (Lipinski definition) is 1. The Morgan fingerprint density at radius 2 is 2.29 bits per heavy atom. The number of aromatic nitrogens is 3. The number of aryl methyl sites for hydroxylation is 1. The monoisotopic (exact) mass is 287 g/mol. The fourth-order valence-corrected chi connectivity index (χ4v) is 3.09. The first-order chi connectivity index (χ1) is 8.00. The highest BCUT2D eigenvalue weighted by atomic mass is 35.5. The Labute approximate surface area is 114 Å². The van der Waals surface area contributed by atoms with Crippen LogP contribution in [0.5, 0.6) is 0 Å². The van der Waals surface area contributed by atoms with E-state index in [1.807, 2.05) is 16.9 Å². The average molecular weight is 288 g/mol. The zero-order chi connectivity index (χ0) is 12.6. The summed E-state index contributed by atoms with van der Waals surface area (Å²) >= 11 is 13.1. The predicted octanol–water partition coefficient (Wildman–Crippen LogP) is 4.29. The van der Waals surface area contributed by atoms with Gasteiger partial charge in [-0.2, -0.15) is 5.10 Å². The van der Waals surface area contributed by atoms with Crippen LogP contribution in [0, 0.1) is 17.6 Å². The van der Waals surface area contributed by atoms with Crippen molar-refractivity contribution in [2.45, 2.75) is 27.3 Å². The van der Waals surface area contributed by atoms with Crippen LogP contribution in [0.25, 0.3) is 10.7 Å². The first-order valence-corrected chi connectivity index (χ1v) is 7.06. The number of rotatable bonds is 3. The lowest BCUT2D eigenvalue weighted by Crippen LogP contribution is -2.06. The van der Waals surface area contributed by atoms with Gasteiger partial charge in [-0.25, -0.2) is 0 Å². The molecule has 0 saturated heterocycles. The highest BCUT2D eigenvalue weighted by Gasteiger charge is 2.16. The molecule has 0 amide bonds. The molecule has 0 spiro atoms. The largest absolute Gasteiger partial charge is 0.299 e. The van der Waals surface area contributed by atoms with E-state index in [-0.39, 0.29) is 0 Å². The molecule has 2 rings (SSSR count). The van der Waals surface area contributed by atoms with Crippen molar-refractivity contribution in [1.82, 2.24) is 14.8 Å². The number of aromatic amines is 1. The van der Waals surface area contributed by atoms with Gasteiger partial charge in [0.1, 0.15) is 0 Å². The van der Waals surface area contributed by atoms with Gasteiger partial charge in [-0.15, -0.1) is 11.3 Å². The predicted molar refractivity (Wildman–Crippen MR) is 75.3 cm³/mol. The summed E-state index contributed by atoms with van der Waals surface area (Å²) in [6, 6.07) is 0. The molecule has 0 fully saturated rings. The second kappa shape index (κ2) is 4.92. The van der Waals surface area contributed by atoms with Gasteiger partial charge in [0.2, 0.25) is 0 Å². The molecular formula is C11H14ClN3S2. The fraction of sp³-hybridized carbons (Fsp3) is 0.455. The third kappa shape index (κ3) is 2.46. The Morgan fingerprint density at radius 1 is 1.59 bits per heavy atom. The van der Waals surface area contributed by atoms with Crippen LogP contribution in [0.4, 0.5) is 0 Å². The summed E-state index contributed by atoms with van der Waals surface area (Å²) in [6.07, 6.45) is 0. The molecule has 1 N–H and O–H groups in total. The van der Waals surface area contributed by atoms with Crippen molar-refractivity contribution in [1.29, 1.82) is 0 Å². The molecule has 0 saturated carbocycles. The van der Waals surface area contributed by atoms with E-state index < -0.39 is 0 Å². The maximum absolute atomic E-state index is 6.27. The van der Waals surface area contributed by atoms with Crippen LogP contribution in [-0.2, 0) is 6.54 Å². The molecule has 92 valence electrons.